The van der Waals surface area contributed by atoms with Crippen molar-refractivity contribution in [1.29, 1.82) is 0 Å². The van der Waals surface area contributed by atoms with Crippen LogP contribution in [0.5, 0.6) is 0 Å². The molecular formula is C15H26N2O3. The van der Waals surface area contributed by atoms with Crippen LogP contribution in [0.3, 0.4) is 0 Å². The van der Waals surface area contributed by atoms with Gasteiger partial charge in [0.2, 0.25) is 0 Å². The molecule has 0 radical (unpaired) electrons. The van der Waals surface area contributed by atoms with Crippen molar-refractivity contribution >= 4 is 12.0 Å². The van der Waals surface area contributed by atoms with Gasteiger partial charge in [-0.05, 0) is 37.0 Å². The molecule has 2 aliphatic heterocycles. The van der Waals surface area contributed by atoms with Gasteiger partial charge in [-0.3, -0.25) is 4.79 Å². The van der Waals surface area contributed by atoms with E-state index in [1.165, 1.54) is 6.42 Å². The predicted molar refractivity (Wildman–Crippen MR) is 76.5 cm³/mol. The van der Waals surface area contributed by atoms with Gasteiger partial charge in [0.15, 0.2) is 0 Å². The zero-order valence-corrected chi connectivity index (χ0v) is 12.6. The summed E-state index contributed by atoms with van der Waals surface area (Å²) in [6.45, 7) is 7.52. The lowest BCUT2D eigenvalue weighted by Gasteiger charge is -2.41. The van der Waals surface area contributed by atoms with Gasteiger partial charge in [-0.15, -0.1) is 0 Å². The number of hydrogen-bond donors (Lipinski definition) is 1. The lowest BCUT2D eigenvalue weighted by molar-refractivity contribution is -0.138. The topological polar surface area (TPSA) is 60.9 Å². The van der Waals surface area contributed by atoms with E-state index in [0.29, 0.717) is 13.1 Å². The number of rotatable bonds is 2. The van der Waals surface area contributed by atoms with Crippen LogP contribution in [0.4, 0.5) is 4.79 Å². The summed E-state index contributed by atoms with van der Waals surface area (Å²) in [6, 6.07) is 0.145. The molecule has 2 heterocycles. The Morgan fingerprint density at radius 3 is 2.35 bits per heavy atom. The molecule has 5 heteroatoms. The third-order valence-corrected chi connectivity index (χ3v) is 4.52. The van der Waals surface area contributed by atoms with Crippen molar-refractivity contribution < 1.29 is 14.7 Å². The van der Waals surface area contributed by atoms with E-state index in [0.717, 1.165) is 32.4 Å². The highest BCUT2D eigenvalue weighted by Gasteiger charge is 2.33. The minimum atomic E-state index is -0.729. The van der Waals surface area contributed by atoms with Crippen molar-refractivity contribution in [2.45, 2.75) is 46.0 Å². The number of carboxylic acid groups (broad SMARTS) is 1. The van der Waals surface area contributed by atoms with Gasteiger partial charge in [0.1, 0.15) is 0 Å². The second-order valence-corrected chi connectivity index (χ2v) is 7.00. The summed E-state index contributed by atoms with van der Waals surface area (Å²) in [4.78, 5) is 27.1. The minimum Gasteiger partial charge on any atom is -0.481 e. The van der Waals surface area contributed by atoms with E-state index in [9.17, 15) is 9.59 Å². The average molecular weight is 282 g/mol. The molecule has 2 aliphatic rings. The van der Waals surface area contributed by atoms with Crippen molar-refractivity contribution in [3.8, 4) is 0 Å². The maximum atomic E-state index is 12.5. The number of piperidine rings is 2. The van der Waals surface area contributed by atoms with Crippen LogP contribution < -0.4 is 0 Å². The molecule has 2 rings (SSSR count). The van der Waals surface area contributed by atoms with E-state index in [1.807, 2.05) is 9.80 Å². The van der Waals surface area contributed by atoms with Gasteiger partial charge in [-0.25, -0.2) is 4.79 Å². The van der Waals surface area contributed by atoms with Gasteiger partial charge in [0.25, 0.3) is 0 Å². The van der Waals surface area contributed by atoms with Gasteiger partial charge in [0, 0.05) is 32.6 Å². The Balaban J connectivity index is 1.84. The van der Waals surface area contributed by atoms with E-state index < -0.39 is 5.97 Å². The second-order valence-electron chi connectivity index (χ2n) is 7.00. The summed E-state index contributed by atoms with van der Waals surface area (Å²) in [5, 5.41) is 8.81. The molecule has 0 aromatic rings. The number of aliphatic carboxylic acids is 1. The lowest BCUT2D eigenvalue weighted by atomic mass is 9.84. The monoisotopic (exact) mass is 282 g/mol. The molecule has 0 bridgehead atoms. The number of amides is 2. The first-order valence-corrected chi connectivity index (χ1v) is 7.63. The predicted octanol–water partition coefficient (Wildman–Crippen LogP) is 2.42. The first-order chi connectivity index (χ1) is 9.37. The van der Waals surface area contributed by atoms with Crippen molar-refractivity contribution in [2.24, 2.45) is 11.3 Å². The standard InChI is InChI=1S/C15H26N2O3/c1-15(2)6-3-7-17(11-15)14(20)16-8-4-12(5-9-16)10-13(18)19/h12H,3-11H2,1-2H3,(H,18,19). The van der Waals surface area contributed by atoms with Crippen molar-refractivity contribution in [3.63, 3.8) is 0 Å². The van der Waals surface area contributed by atoms with E-state index in [-0.39, 0.29) is 23.8 Å². The summed E-state index contributed by atoms with van der Waals surface area (Å²) in [7, 11) is 0. The molecule has 0 aromatic heterocycles. The van der Waals surface area contributed by atoms with Gasteiger partial charge >= 0.3 is 12.0 Å². The fraction of sp³-hybridized carbons (Fsp3) is 0.867. The van der Waals surface area contributed by atoms with Gasteiger partial charge in [0.05, 0.1) is 0 Å². The molecule has 0 spiro atoms. The fourth-order valence-electron chi connectivity index (χ4n) is 3.36. The van der Waals surface area contributed by atoms with Gasteiger partial charge in [-0.2, -0.15) is 0 Å². The lowest BCUT2D eigenvalue weighted by Crippen LogP contribution is -2.51. The molecule has 2 fully saturated rings. The van der Waals surface area contributed by atoms with E-state index in [4.69, 9.17) is 5.11 Å². The summed E-state index contributed by atoms with van der Waals surface area (Å²) >= 11 is 0. The summed E-state index contributed by atoms with van der Waals surface area (Å²) in [5.74, 6) is -0.498. The first-order valence-electron chi connectivity index (χ1n) is 7.63. The largest absolute Gasteiger partial charge is 0.481 e. The summed E-state index contributed by atoms with van der Waals surface area (Å²) < 4.78 is 0. The molecule has 0 aliphatic carbocycles. The molecule has 0 saturated carbocycles. The highest BCUT2D eigenvalue weighted by Crippen LogP contribution is 2.29. The van der Waals surface area contributed by atoms with Crippen LogP contribution in [0.25, 0.3) is 0 Å². The third kappa shape index (κ3) is 3.87. The zero-order valence-electron chi connectivity index (χ0n) is 12.6. The molecular weight excluding hydrogens is 256 g/mol. The van der Waals surface area contributed by atoms with Crippen LogP contribution in [0.2, 0.25) is 0 Å². The Kier molecular flexibility index (Phi) is 4.55. The van der Waals surface area contributed by atoms with E-state index in [1.54, 1.807) is 0 Å². The van der Waals surface area contributed by atoms with Crippen molar-refractivity contribution in [2.75, 3.05) is 26.2 Å². The Labute approximate surface area is 120 Å². The number of carbonyl (C=O) groups is 2. The molecule has 1 N–H and O–H groups in total. The van der Waals surface area contributed by atoms with E-state index >= 15 is 0 Å². The normalized spacial score (nSPS) is 23.7. The Morgan fingerprint density at radius 2 is 1.80 bits per heavy atom. The average Bonchev–Trinajstić information content (AvgIpc) is 2.37. The van der Waals surface area contributed by atoms with Crippen LogP contribution >= 0.6 is 0 Å². The number of urea groups is 1. The number of carboxylic acids is 1. The molecule has 2 amide bonds. The van der Waals surface area contributed by atoms with Crippen LogP contribution in [-0.2, 0) is 4.79 Å². The van der Waals surface area contributed by atoms with E-state index in [2.05, 4.69) is 13.8 Å². The second kappa shape index (κ2) is 6.02. The number of hydrogen-bond acceptors (Lipinski definition) is 2. The third-order valence-electron chi connectivity index (χ3n) is 4.52. The molecule has 0 aromatic carbocycles. The first kappa shape index (κ1) is 15.1. The molecule has 5 nitrogen and oxygen atoms in total. The highest BCUT2D eigenvalue weighted by atomic mass is 16.4. The van der Waals surface area contributed by atoms with Crippen molar-refractivity contribution in [1.82, 2.24) is 9.80 Å². The van der Waals surface area contributed by atoms with Crippen LogP contribution in [-0.4, -0.2) is 53.1 Å². The van der Waals surface area contributed by atoms with Crippen LogP contribution in [0.15, 0.2) is 0 Å². The minimum absolute atomic E-state index is 0.145. The number of likely N-dealkylation sites (tertiary alicyclic amines) is 2. The molecule has 0 unspecified atom stereocenters. The Hall–Kier alpha value is -1.26. The van der Waals surface area contributed by atoms with Crippen molar-refractivity contribution in [3.05, 3.63) is 0 Å². The van der Waals surface area contributed by atoms with Gasteiger partial charge in [-0.1, -0.05) is 13.8 Å². The molecule has 0 atom stereocenters. The quantitative estimate of drug-likeness (QED) is 0.846. The van der Waals surface area contributed by atoms with Gasteiger partial charge < -0.3 is 14.9 Å². The molecule has 20 heavy (non-hydrogen) atoms. The zero-order chi connectivity index (χ0) is 14.8. The summed E-state index contributed by atoms with van der Waals surface area (Å²) in [5.41, 5.74) is 0.218. The smallest absolute Gasteiger partial charge is 0.320 e. The number of nitrogens with zero attached hydrogens (tertiary/aromatic N) is 2. The highest BCUT2D eigenvalue weighted by molar-refractivity contribution is 5.74. The fourth-order valence-corrected chi connectivity index (χ4v) is 3.36. The van der Waals surface area contributed by atoms with Crippen LogP contribution in [0.1, 0.15) is 46.0 Å². The molecule has 2 saturated heterocycles. The maximum Gasteiger partial charge on any atom is 0.320 e. The maximum absolute atomic E-state index is 12.5. The number of carbonyl (C=O) groups excluding carboxylic acids is 1. The Morgan fingerprint density at radius 1 is 1.15 bits per heavy atom. The Bertz CT molecular complexity index is 373. The SMILES string of the molecule is CC1(C)CCCN(C(=O)N2CCC(CC(=O)O)CC2)C1. The van der Waals surface area contributed by atoms with Crippen LogP contribution in [0, 0.1) is 11.3 Å². The molecule has 114 valence electrons. The summed E-state index contributed by atoms with van der Waals surface area (Å²) in [6.07, 6.45) is 4.12.